The Kier molecular flexibility index (Phi) is 2.44. The molecule has 0 radical (unpaired) electrons. The van der Waals surface area contributed by atoms with E-state index in [1.54, 1.807) is 0 Å². The van der Waals surface area contributed by atoms with Gasteiger partial charge >= 0.3 is 6.03 Å². The van der Waals surface area contributed by atoms with E-state index in [1.807, 2.05) is 13.8 Å². The summed E-state index contributed by atoms with van der Waals surface area (Å²) < 4.78 is 0. The van der Waals surface area contributed by atoms with Crippen LogP contribution >= 0.6 is 0 Å². The van der Waals surface area contributed by atoms with E-state index < -0.39 is 5.54 Å². The number of carbonyl (C=O) groups excluding carboxylic acids is 2. The van der Waals surface area contributed by atoms with Crippen LogP contribution in [0.3, 0.4) is 0 Å². The summed E-state index contributed by atoms with van der Waals surface area (Å²) in [5, 5.41) is 5.24. The molecule has 2 rings (SSSR count). The van der Waals surface area contributed by atoms with Crippen LogP contribution in [-0.2, 0) is 4.79 Å². The van der Waals surface area contributed by atoms with Crippen LogP contribution in [0.1, 0.15) is 39.5 Å². The minimum atomic E-state index is -0.645. The Balaban J connectivity index is 2.31. The third-order valence-corrected chi connectivity index (χ3v) is 3.83. The molecule has 2 N–H and O–H groups in total. The van der Waals surface area contributed by atoms with Crippen LogP contribution in [0.15, 0.2) is 0 Å². The maximum atomic E-state index is 11.9. The second-order valence-corrected chi connectivity index (χ2v) is 4.91. The molecule has 2 fully saturated rings. The Labute approximate surface area is 89.8 Å². The van der Waals surface area contributed by atoms with E-state index in [0.717, 1.165) is 12.8 Å². The van der Waals surface area contributed by atoms with Crippen LogP contribution in [0, 0.1) is 11.8 Å². The molecular weight excluding hydrogens is 192 g/mol. The first-order valence-corrected chi connectivity index (χ1v) is 5.71. The van der Waals surface area contributed by atoms with Crippen LogP contribution < -0.4 is 10.6 Å². The number of rotatable bonds is 2. The van der Waals surface area contributed by atoms with E-state index in [0.29, 0.717) is 5.92 Å². The van der Waals surface area contributed by atoms with Crippen molar-refractivity contribution in [3.63, 3.8) is 0 Å². The van der Waals surface area contributed by atoms with E-state index in [-0.39, 0.29) is 17.9 Å². The Hall–Kier alpha value is -1.06. The maximum absolute atomic E-state index is 11.9. The van der Waals surface area contributed by atoms with Gasteiger partial charge in [0.15, 0.2) is 0 Å². The van der Waals surface area contributed by atoms with E-state index in [2.05, 4.69) is 10.6 Å². The molecule has 1 aliphatic heterocycles. The zero-order chi connectivity index (χ0) is 11.1. The van der Waals surface area contributed by atoms with Gasteiger partial charge in [0.05, 0.1) is 0 Å². The lowest BCUT2D eigenvalue weighted by Crippen LogP contribution is -2.56. The molecule has 1 aliphatic carbocycles. The summed E-state index contributed by atoms with van der Waals surface area (Å²) in [6.45, 7) is 4.01. The molecule has 0 bridgehead atoms. The van der Waals surface area contributed by atoms with Gasteiger partial charge in [-0.05, 0) is 24.7 Å². The summed E-state index contributed by atoms with van der Waals surface area (Å²) in [4.78, 5) is 23.2. The molecule has 0 unspecified atom stereocenters. The van der Waals surface area contributed by atoms with Crippen LogP contribution in [-0.4, -0.2) is 17.5 Å². The number of hydrogen-bond acceptors (Lipinski definition) is 2. The highest BCUT2D eigenvalue weighted by Gasteiger charge is 2.54. The molecule has 0 spiro atoms. The molecule has 0 aromatic carbocycles. The monoisotopic (exact) mass is 210 g/mol. The molecule has 84 valence electrons. The summed E-state index contributed by atoms with van der Waals surface area (Å²) in [7, 11) is 0. The van der Waals surface area contributed by atoms with E-state index in [1.165, 1.54) is 12.8 Å². The Morgan fingerprint density at radius 1 is 1.27 bits per heavy atom. The molecule has 1 saturated heterocycles. The number of nitrogens with one attached hydrogen (secondary N) is 2. The second-order valence-electron chi connectivity index (χ2n) is 4.91. The summed E-state index contributed by atoms with van der Waals surface area (Å²) >= 11 is 0. The van der Waals surface area contributed by atoms with Crippen molar-refractivity contribution in [3.05, 3.63) is 0 Å². The molecule has 15 heavy (non-hydrogen) atoms. The Morgan fingerprint density at radius 3 is 2.27 bits per heavy atom. The molecule has 4 heteroatoms. The van der Waals surface area contributed by atoms with Gasteiger partial charge < -0.3 is 5.32 Å². The minimum absolute atomic E-state index is 0.130. The van der Waals surface area contributed by atoms with Crippen LogP contribution in [0.4, 0.5) is 4.79 Å². The first-order chi connectivity index (χ1) is 7.07. The highest BCUT2D eigenvalue weighted by atomic mass is 16.2. The average Bonchev–Trinajstić information content (AvgIpc) is 2.72. The first kappa shape index (κ1) is 10.5. The maximum Gasteiger partial charge on any atom is 0.322 e. The lowest BCUT2D eigenvalue weighted by molar-refractivity contribution is -0.127. The predicted octanol–water partition coefficient (Wildman–Crippen LogP) is 1.41. The highest BCUT2D eigenvalue weighted by Crippen LogP contribution is 2.40. The van der Waals surface area contributed by atoms with Crippen molar-refractivity contribution in [2.75, 3.05) is 0 Å². The van der Waals surface area contributed by atoms with Crippen LogP contribution in [0.2, 0.25) is 0 Å². The lowest BCUT2D eigenvalue weighted by atomic mass is 9.74. The average molecular weight is 210 g/mol. The largest absolute Gasteiger partial charge is 0.323 e. The van der Waals surface area contributed by atoms with Crippen LogP contribution in [0.25, 0.3) is 0 Å². The van der Waals surface area contributed by atoms with E-state index in [9.17, 15) is 9.59 Å². The topological polar surface area (TPSA) is 58.2 Å². The molecule has 0 aromatic heterocycles. The van der Waals surface area contributed by atoms with Gasteiger partial charge in [-0.2, -0.15) is 0 Å². The predicted molar refractivity (Wildman–Crippen MR) is 56.2 cm³/mol. The fraction of sp³-hybridized carbons (Fsp3) is 0.818. The summed E-state index contributed by atoms with van der Waals surface area (Å²) in [5.41, 5.74) is -0.645. The molecule has 4 nitrogen and oxygen atoms in total. The summed E-state index contributed by atoms with van der Waals surface area (Å²) in [6, 6.07) is -0.333. The van der Waals surface area contributed by atoms with Gasteiger partial charge in [0.2, 0.25) is 0 Å². The number of hydrogen-bond donors (Lipinski definition) is 2. The fourth-order valence-electron chi connectivity index (χ4n) is 3.03. The third-order valence-electron chi connectivity index (χ3n) is 3.83. The summed E-state index contributed by atoms with van der Waals surface area (Å²) in [6.07, 6.45) is 4.43. The molecule has 0 aromatic rings. The number of imide groups is 1. The molecule has 3 amide bonds. The molecule has 1 heterocycles. The fourth-order valence-corrected chi connectivity index (χ4v) is 3.03. The zero-order valence-corrected chi connectivity index (χ0v) is 9.30. The van der Waals surface area contributed by atoms with Crippen molar-refractivity contribution in [2.45, 2.75) is 45.1 Å². The van der Waals surface area contributed by atoms with Gasteiger partial charge in [0.1, 0.15) is 5.54 Å². The van der Waals surface area contributed by atoms with Gasteiger partial charge in [-0.25, -0.2) is 4.79 Å². The van der Waals surface area contributed by atoms with Crippen molar-refractivity contribution >= 4 is 11.9 Å². The molecule has 1 saturated carbocycles. The van der Waals surface area contributed by atoms with Gasteiger partial charge in [0, 0.05) is 0 Å². The number of amides is 3. The standard InChI is InChI=1S/C11H18N2O2/c1-7(2)11(8-5-3-4-6-8)9(14)12-10(15)13-11/h7-8H,3-6H2,1-2H3,(H2,12,13,14,15)/t11-/m1/s1. The van der Waals surface area contributed by atoms with Crippen molar-refractivity contribution in [1.82, 2.24) is 10.6 Å². The number of urea groups is 1. The highest BCUT2D eigenvalue weighted by molar-refractivity contribution is 6.07. The van der Waals surface area contributed by atoms with Crippen molar-refractivity contribution in [3.8, 4) is 0 Å². The third kappa shape index (κ3) is 1.43. The van der Waals surface area contributed by atoms with Gasteiger partial charge in [-0.1, -0.05) is 26.7 Å². The summed E-state index contributed by atoms with van der Waals surface area (Å²) in [5.74, 6) is 0.324. The van der Waals surface area contributed by atoms with Crippen molar-refractivity contribution in [1.29, 1.82) is 0 Å². The minimum Gasteiger partial charge on any atom is -0.323 e. The van der Waals surface area contributed by atoms with E-state index >= 15 is 0 Å². The SMILES string of the molecule is CC(C)[C@]1(C2CCCC2)NC(=O)NC1=O. The zero-order valence-electron chi connectivity index (χ0n) is 9.30. The van der Waals surface area contributed by atoms with Gasteiger partial charge in [0.25, 0.3) is 5.91 Å². The van der Waals surface area contributed by atoms with Crippen molar-refractivity contribution in [2.24, 2.45) is 11.8 Å². The second kappa shape index (κ2) is 3.51. The van der Waals surface area contributed by atoms with Crippen molar-refractivity contribution < 1.29 is 9.59 Å². The van der Waals surface area contributed by atoms with Gasteiger partial charge in [-0.3, -0.25) is 10.1 Å². The van der Waals surface area contributed by atoms with Crippen LogP contribution in [0.5, 0.6) is 0 Å². The molecule has 2 aliphatic rings. The Bertz CT molecular complexity index is 295. The van der Waals surface area contributed by atoms with E-state index in [4.69, 9.17) is 0 Å². The normalized spacial score (nSPS) is 32.2. The first-order valence-electron chi connectivity index (χ1n) is 5.71. The van der Waals surface area contributed by atoms with Gasteiger partial charge in [-0.15, -0.1) is 0 Å². The lowest BCUT2D eigenvalue weighted by Gasteiger charge is -2.36. The molecular formula is C11H18N2O2. The Morgan fingerprint density at radius 2 is 1.87 bits per heavy atom. The molecule has 1 atom stereocenters. The quantitative estimate of drug-likeness (QED) is 0.677. The smallest absolute Gasteiger partial charge is 0.322 e. The number of carbonyl (C=O) groups is 2.